The number of carboxylic acid groups (broad SMARTS) is 1. The van der Waals surface area contributed by atoms with Gasteiger partial charge in [-0.1, -0.05) is 49.2 Å². The zero-order valence-corrected chi connectivity index (χ0v) is 20.9. The number of alkyl halides is 2. The van der Waals surface area contributed by atoms with Crippen LogP contribution >= 0.6 is 0 Å². The smallest absolute Gasteiger partial charge is 0.317 e. The van der Waals surface area contributed by atoms with Crippen LogP contribution in [0.1, 0.15) is 66.4 Å². The van der Waals surface area contributed by atoms with Crippen molar-refractivity contribution >= 4 is 5.97 Å². The first-order valence-electron chi connectivity index (χ1n) is 12.6. The molecule has 1 saturated carbocycles. The molecule has 1 fully saturated rings. The SMILES string of the molecule is CN(CCC(Oc1ccc(C(F)(F)c2ccc(C3CCCC3)cc2)cc1)c1ccc(F)cc1)CC(=O)O. The first-order chi connectivity index (χ1) is 17.7. The van der Waals surface area contributed by atoms with Crippen LogP contribution in [0.2, 0.25) is 0 Å². The molecule has 0 bridgehead atoms. The van der Waals surface area contributed by atoms with Crippen molar-refractivity contribution in [3.63, 3.8) is 0 Å². The van der Waals surface area contributed by atoms with E-state index in [0.717, 1.165) is 18.4 Å². The van der Waals surface area contributed by atoms with Gasteiger partial charge in [0.1, 0.15) is 17.7 Å². The fourth-order valence-corrected chi connectivity index (χ4v) is 4.92. The summed E-state index contributed by atoms with van der Waals surface area (Å²) in [4.78, 5) is 12.6. The van der Waals surface area contributed by atoms with Crippen molar-refractivity contribution in [2.45, 2.75) is 50.0 Å². The summed E-state index contributed by atoms with van der Waals surface area (Å²) < 4.78 is 50.1. The topological polar surface area (TPSA) is 49.8 Å². The molecule has 1 unspecified atom stereocenters. The summed E-state index contributed by atoms with van der Waals surface area (Å²) in [6, 6.07) is 18.3. The Kier molecular flexibility index (Phi) is 8.54. The quantitative estimate of drug-likeness (QED) is 0.297. The third kappa shape index (κ3) is 6.92. The van der Waals surface area contributed by atoms with Crippen LogP contribution in [-0.2, 0) is 10.7 Å². The second kappa shape index (κ2) is 11.8. The molecule has 196 valence electrons. The van der Waals surface area contributed by atoms with Gasteiger partial charge >= 0.3 is 5.97 Å². The van der Waals surface area contributed by atoms with E-state index in [1.807, 2.05) is 12.1 Å². The van der Waals surface area contributed by atoms with Crippen LogP contribution < -0.4 is 4.74 Å². The number of hydrogen-bond donors (Lipinski definition) is 1. The van der Waals surface area contributed by atoms with Gasteiger partial charge < -0.3 is 9.84 Å². The van der Waals surface area contributed by atoms with Crippen molar-refractivity contribution in [3.8, 4) is 5.75 Å². The second-order valence-electron chi connectivity index (χ2n) is 9.78. The highest BCUT2D eigenvalue weighted by Gasteiger charge is 2.34. The van der Waals surface area contributed by atoms with Gasteiger partial charge in [0.2, 0.25) is 0 Å². The van der Waals surface area contributed by atoms with E-state index in [1.54, 1.807) is 24.1 Å². The van der Waals surface area contributed by atoms with E-state index in [4.69, 9.17) is 9.84 Å². The first-order valence-corrected chi connectivity index (χ1v) is 12.6. The summed E-state index contributed by atoms with van der Waals surface area (Å²) in [6.45, 7) is 0.295. The average molecular weight is 512 g/mol. The minimum absolute atomic E-state index is 0.0476. The van der Waals surface area contributed by atoms with E-state index in [9.17, 15) is 9.18 Å². The molecule has 7 heteroatoms. The van der Waals surface area contributed by atoms with Crippen molar-refractivity contribution < 1.29 is 27.8 Å². The van der Waals surface area contributed by atoms with Crippen LogP contribution in [0.3, 0.4) is 0 Å². The van der Waals surface area contributed by atoms with E-state index in [2.05, 4.69) is 0 Å². The lowest BCUT2D eigenvalue weighted by molar-refractivity contribution is -0.138. The molecule has 1 atom stereocenters. The summed E-state index contributed by atoms with van der Waals surface area (Å²) in [7, 11) is 1.69. The number of rotatable bonds is 11. The monoisotopic (exact) mass is 511 g/mol. The summed E-state index contributed by atoms with van der Waals surface area (Å²) in [5.41, 5.74) is 1.66. The molecule has 37 heavy (non-hydrogen) atoms. The van der Waals surface area contributed by atoms with Crippen LogP contribution in [0.25, 0.3) is 0 Å². The maximum Gasteiger partial charge on any atom is 0.317 e. The molecule has 0 radical (unpaired) electrons. The zero-order chi connectivity index (χ0) is 26.4. The molecule has 0 heterocycles. The lowest BCUT2D eigenvalue weighted by Gasteiger charge is -2.23. The van der Waals surface area contributed by atoms with Gasteiger partial charge in [-0.25, -0.2) is 4.39 Å². The molecule has 0 saturated heterocycles. The van der Waals surface area contributed by atoms with Crippen LogP contribution in [0, 0.1) is 5.82 Å². The number of halogens is 3. The second-order valence-corrected chi connectivity index (χ2v) is 9.78. The number of carboxylic acids is 1. The highest BCUT2D eigenvalue weighted by molar-refractivity contribution is 5.69. The number of likely N-dealkylation sites (N-methyl/N-ethyl adjacent to an activating group) is 1. The average Bonchev–Trinajstić information content (AvgIpc) is 3.42. The summed E-state index contributed by atoms with van der Waals surface area (Å²) >= 11 is 0. The van der Waals surface area contributed by atoms with Crippen LogP contribution in [0.4, 0.5) is 13.2 Å². The van der Waals surface area contributed by atoms with E-state index >= 15 is 8.78 Å². The Morgan fingerprint density at radius 3 is 2.11 bits per heavy atom. The Morgan fingerprint density at radius 2 is 1.54 bits per heavy atom. The molecular weight excluding hydrogens is 479 g/mol. The summed E-state index contributed by atoms with van der Waals surface area (Å²) in [5.74, 6) is -3.61. The highest BCUT2D eigenvalue weighted by Crippen LogP contribution is 2.39. The van der Waals surface area contributed by atoms with Crippen molar-refractivity contribution in [3.05, 3.63) is 101 Å². The zero-order valence-electron chi connectivity index (χ0n) is 20.9. The van der Waals surface area contributed by atoms with E-state index < -0.39 is 18.0 Å². The fourth-order valence-electron chi connectivity index (χ4n) is 4.92. The van der Waals surface area contributed by atoms with E-state index in [1.165, 1.54) is 61.4 Å². The van der Waals surface area contributed by atoms with E-state index in [-0.39, 0.29) is 23.5 Å². The van der Waals surface area contributed by atoms with Gasteiger partial charge in [-0.2, -0.15) is 8.78 Å². The lowest BCUT2D eigenvalue weighted by atomic mass is 9.94. The van der Waals surface area contributed by atoms with Gasteiger partial charge in [0.15, 0.2) is 0 Å². The van der Waals surface area contributed by atoms with E-state index in [0.29, 0.717) is 30.2 Å². The molecule has 4 rings (SSSR count). The van der Waals surface area contributed by atoms with Crippen molar-refractivity contribution in [1.82, 2.24) is 4.90 Å². The Hall–Kier alpha value is -3.32. The molecule has 4 nitrogen and oxygen atoms in total. The Balaban J connectivity index is 1.47. The molecule has 0 spiro atoms. The number of aliphatic carboxylic acids is 1. The Labute approximate surface area is 215 Å². The van der Waals surface area contributed by atoms with Gasteiger partial charge in [-0.3, -0.25) is 9.69 Å². The summed E-state index contributed by atoms with van der Waals surface area (Å²) in [5, 5.41) is 8.99. The summed E-state index contributed by atoms with van der Waals surface area (Å²) in [6.07, 6.45) is 4.54. The van der Waals surface area contributed by atoms with Crippen LogP contribution in [-0.4, -0.2) is 36.1 Å². The number of nitrogens with zero attached hydrogens (tertiary/aromatic N) is 1. The van der Waals surface area contributed by atoms with Crippen LogP contribution in [0.5, 0.6) is 5.75 Å². The molecular formula is C30H32F3NO3. The number of ether oxygens (including phenoxy) is 1. The van der Waals surface area contributed by atoms with Crippen LogP contribution in [0.15, 0.2) is 72.8 Å². The molecule has 0 aromatic heterocycles. The Bertz CT molecular complexity index is 1160. The molecule has 3 aromatic rings. The van der Waals surface area contributed by atoms with Gasteiger partial charge in [0.25, 0.3) is 5.92 Å². The molecule has 1 aliphatic rings. The van der Waals surface area contributed by atoms with Gasteiger partial charge in [0, 0.05) is 24.1 Å². The first kappa shape index (κ1) is 26.7. The molecule has 3 aromatic carbocycles. The highest BCUT2D eigenvalue weighted by atomic mass is 19.3. The normalized spacial score (nSPS) is 15.2. The third-order valence-corrected chi connectivity index (χ3v) is 7.02. The maximum absolute atomic E-state index is 15.3. The van der Waals surface area contributed by atoms with Crippen molar-refractivity contribution in [1.29, 1.82) is 0 Å². The molecule has 0 aliphatic heterocycles. The maximum atomic E-state index is 15.3. The number of carbonyl (C=O) groups is 1. The van der Waals surface area contributed by atoms with Crippen molar-refractivity contribution in [2.24, 2.45) is 0 Å². The largest absolute Gasteiger partial charge is 0.486 e. The minimum Gasteiger partial charge on any atom is -0.486 e. The fraction of sp³-hybridized carbons (Fsp3) is 0.367. The third-order valence-electron chi connectivity index (χ3n) is 7.02. The molecule has 0 amide bonds. The minimum atomic E-state index is -3.15. The predicted molar refractivity (Wildman–Crippen MR) is 137 cm³/mol. The number of benzene rings is 3. The Morgan fingerprint density at radius 1 is 0.973 bits per heavy atom. The predicted octanol–water partition coefficient (Wildman–Crippen LogP) is 7.15. The van der Waals surface area contributed by atoms with Gasteiger partial charge in [-0.15, -0.1) is 0 Å². The molecule has 1 aliphatic carbocycles. The number of hydrogen-bond acceptors (Lipinski definition) is 3. The van der Waals surface area contributed by atoms with Gasteiger partial charge in [-0.05, 0) is 73.3 Å². The standard InChI is InChI=1S/C30H32F3NO3/c1-34(20-29(35)36)19-18-28(23-8-14-26(31)15-9-23)37-27-16-12-25(13-17-27)30(32,33)24-10-6-22(7-11-24)21-4-2-3-5-21/h6-17,21,28H,2-5,18-20H2,1H3,(H,35,36). The molecule has 1 N–H and O–H groups in total. The lowest BCUT2D eigenvalue weighted by Crippen LogP contribution is -2.28. The van der Waals surface area contributed by atoms with Gasteiger partial charge in [0.05, 0.1) is 6.54 Å². The van der Waals surface area contributed by atoms with Crippen molar-refractivity contribution in [2.75, 3.05) is 20.1 Å².